The fourth-order valence-electron chi connectivity index (χ4n) is 3.56. The smallest absolute Gasteiger partial charge is 0.344 e. The molecule has 182 valence electrons. The lowest BCUT2D eigenvalue weighted by Gasteiger charge is -2.13. The molecule has 36 heavy (non-hydrogen) atoms. The van der Waals surface area contributed by atoms with E-state index in [1.165, 1.54) is 12.5 Å². The normalized spacial score (nSPS) is 11.4. The number of hydrogen-bond acceptors (Lipinski definition) is 6. The highest BCUT2D eigenvalue weighted by molar-refractivity contribution is 7.90. The summed E-state index contributed by atoms with van der Waals surface area (Å²) in [7, 11) is 1.62. The van der Waals surface area contributed by atoms with E-state index < -0.39 is 17.1 Å². The summed E-state index contributed by atoms with van der Waals surface area (Å²) in [5, 5.41) is 8.72. The van der Waals surface area contributed by atoms with Gasteiger partial charge in [-0.15, -0.1) is 0 Å². The average Bonchev–Trinajstić information content (AvgIpc) is 2.90. The zero-order valence-electron chi connectivity index (χ0n) is 20.0. The fraction of sp³-hybridized carbons (Fsp3) is 0.111. The van der Waals surface area contributed by atoms with Crippen LogP contribution >= 0.6 is 0 Å². The number of anilines is 3. The van der Waals surface area contributed by atoms with Crippen LogP contribution in [0.2, 0.25) is 0 Å². The van der Waals surface area contributed by atoms with Crippen LogP contribution < -0.4 is 16.0 Å². The number of nitrogens with zero attached hydrogens (tertiary/aromatic N) is 2. The number of benzene rings is 3. The van der Waals surface area contributed by atoms with Crippen LogP contribution in [-0.4, -0.2) is 39.6 Å². The van der Waals surface area contributed by atoms with Gasteiger partial charge in [-0.2, -0.15) is 9.97 Å². The molecule has 1 heterocycles. The maximum Gasteiger partial charge on any atom is 0.344 e. The molecule has 1 aromatic heterocycles. The first-order valence-corrected chi connectivity index (χ1v) is 12.7. The Morgan fingerprint density at radius 1 is 0.889 bits per heavy atom. The Kier molecular flexibility index (Phi) is 7.62. The standard InChI is InChI=1S/C27H25N5O3S/c1-17-12-13-21(30-25(33)20-11-7-10-19(14-20)18-8-5-4-6-9-18)15-23(17)31-26(34)22-16-29-27(36(3)35)32-24(22)28-2/h4-16H,1-3H3,(H,30,33)(H,31,34)(H,28,29,32). The lowest BCUT2D eigenvalue weighted by atomic mass is 10.0. The molecule has 8 nitrogen and oxygen atoms in total. The predicted molar refractivity (Wildman–Crippen MR) is 143 cm³/mol. The highest BCUT2D eigenvalue weighted by Crippen LogP contribution is 2.24. The van der Waals surface area contributed by atoms with Gasteiger partial charge in [0.15, 0.2) is 0 Å². The van der Waals surface area contributed by atoms with E-state index in [1.807, 2.05) is 61.5 Å². The first-order valence-electron chi connectivity index (χ1n) is 11.1. The van der Waals surface area contributed by atoms with Gasteiger partial charge < -0.3 is 20.5 Å². The number of carbonyl (C=O) groups is 2. The van der Waals surface area contributed by atoms with Crippen LogP contribution in [-0.2, 0) is 11.2 Å². The Labute approximate surface area is 212 Å². The monoisotopic (exact) mass is 499 g/mol. The molecule has 3 N–H and O–H groups in total. The molecule has 0 aliphatic heterocycles. The van der Waals surface area contributed by atoms with E-state index in [-0.39, 0.29) is 22.4 Å². The van der Waals surface area contributed by atoms with Crippen LogP contribution in [0.1, 0.15) is 26.3 Å². The maximum absolute atomic E-state index is 13.0. The fourth-order valence-corrected chi connectivity index (χ4v) is 3.98. The second-order valence-electron chi connectivity index (χ2n) is 8.00. The number of aromatic nitrogens is 2. The molecule has 3 aromatic carbocycles. The third-order valence-electron chi connectivity index (χ3n) is 5.48. The van der Waals surface area contributed by atoms with Crippen molar-refractivity contribution in [2.75, 3.05) is 29.3 Å². The Morgan fingerprint density at radius 2 is 1.64 bits per heavy atom. The van der Waals surface area contributed by atoms with Crippen molar-refractivity contribution < 1.29 is 14.1 Å². The molecule has 0 saturated heterocycles. The number of aryl methyl sites for hydroxylation is 1. The van der Waals surface area contributed by atoms with Gasteiger partial charge in [0, 0.05) is 35.2 Å². The summed E-state index contributed by atoms with van der Waals surface area (Å²) < 4.78 is 11.7. The van der Waals surface area contributed by atoms with Crippen LogP contribution in [0.15, 0.2) is 84.1 Å². The number of amides is 2. The molecule has 0 fully saturated rings. The largest absolute Gasteiger partial charge is 0.609 e. The van der Waals surface area contributed by atoms with Crippen molar-refractivity contribution in [1.82, 2.24) is 9.97 Å². The van der Waals surface area contributed by atoms with Gasteiger partial charge in [0.1, 0.15) is 17.6 Å². The average molecular weight is 500 g/mol. The molecular formula is C27H25N5O3S. The molecule has 0 aliphatic carbocycles. The highest BCUT2D eigenvalue weighted by atomic mass is 32.2. The van der Waals surface area contributed by atoms with Gasteiger partial charge in [-0.25, -0.2) is 0 Å². The van der Waals surface area contributed by atoms with E-state index in [2.05, 4.69) is 25.9 Å². The summed E-state index contributed by atoms with van der Waals surface area (Å²) in [4.78, 5) is 34.1. The van der Waals surface area contributed by atoms with E-state index >= 15 is 0 Å². The van der Waals surface area contributed by atoms with Gasteiger partial charge >= 0.3 is 5.16 Å². The summed E-state index contributed by atoms with van der Waals surface area (Å²) in [5.74, 6) is -0.425. The van der Waals surface area contributed by atoms with Crippen molar-refractivity contribution in [3.05, 3.63) is 95.7 Å². The molecule has 1 unspecified atom stereocenters. The summed E-state index contributed by atoms with van der Waals surface area (Å²) in [6.45, 7) is 1.85. The predicted octanol–water partition coefficient (Wildman–Crippen LogP) is 4.74. The molecule has 0 bridgehead atoms. The number of carbonyl (C=O) groups excluding carboxylic acids is 2. The quantitative estimate of drug-likeness (QED) is 0.250. The molecular weight excluding hydrogens is 474 g/mol. The van der Waals surface area contributed by atoms with Crippen molar-refractivity contribution in [3.63, 3.8) is 0 Å². The zero-order chi connectivity index (χ0) is 25.7. The zero-order valence-corrected chi connectivity index (χ0v) is 20.8. The van der Waals surface area contributed by atoms with Crippen LogP contribution in [0.5, 0.6) is 0 Å². The van der Waals surface area contributed by atoms with Crippen LogP contribution in [0.3, 0.4) is 0 Å². The first kappa shape index (κ1) is 24.9. The Balaban J connectivity index is 1.52. The number of rotatable bonds is 7. The summed E-state index contributed by atoms with van der Waals surface area (Å²) in [6, 6.07) is 22.5. The SMILES string of the molecule is CNc1nc([S+](C)[O-])ncc1C(=O)Nc1cc(NC(=O)c2cccc(-c3ccccc3)c2)ccc1C. The van der Waals surface area contributed by atoms with Gasteiger partial charge in [-0.05, 0) is 47.9 Å². The van der Waals surface area contributed by atoms with Gasteiger partial charge in [0.2, 0.25) is 0 Å². The maximum atomic E-state index is 13.0. The molecule has 4 rings (SSSR count). The summed E-state index contributed by atoms with van der Waals surface area (Å²) >= 11 is -1.38. The van der Waals surface area contributed by atoms with Crippen LogP contribution in [0, 0.1) is 6.92 Å². The lowest BCUT2D eigenvalue weighted by Crippen LogP contribution is -2.18. The van der Waals surface area contributed by atoms with Crippen molar-refractivity contribution in [2.45, 2.75) is 12.1 Å². The molecule has 0 spiro atoms. The Morgan fingerprint density at radius 3 is 2.36 bits per heavy atom. The van der Waals surface area contributed by atoms with Crippen molar-refractivity contribution in [2.24, 2.45) is 0 Å². The minimum Gasteiger partial charge on any atom is -0.609 e. The van der Waals surface area contributed by atoms with E-state index in [0.717, 1.165) is 16.7 Å². The van der Waals surface area contributed by atoms with Gasteiger partial charge in [0.05, 0.1) is 6.20 Å². The summed E-state index contributed by atoms with van der Waals surface area (Å²) in [6.07, 6.45) is 2.81. The minimum absolute atomic E-state index is 0.133. The van der Waals surface area contributed by atoms with Crippen LogP contribution in [0.25, 0.3) is 11.1 Å². The topological polar surface area (TPSA) is 119 Å². The number of nitrogens with one attached hydrogen (secondary N) is 3. The van der Waals surface area contributed by atoms with Crippen molar-refractivity contribution in [1.29, 1.82) is 0 Å². The minimum atomic E-state index is -1.38. The highest BCUT2D eigenvalue weighted by Gasteiger charge is 2.19. The second kappa shape index (κ2) is 11.0. The van der Waals surface area contributed by atoms with E-state index in [4.69, 9.17) is 0 Å². The first-order chi connectivity index (χ1) is 17.4. The molecule has 9 heteroatoms. The molecule has 0 radical (unpaired) electrons. The molecule has 0 aliphatic rings. The van der Waals surface area contributed by atoms with E-state index in [0.29, 0.717) is 16.9 Å². The van der Waals surface area contributed by atoms with Crippen LogP contribution in [0.4, 0.5) is 17.2 Å². The Hall–Kier alpha value is -4.21. The second-order valence-corrected chi connectivity index (χ2v) is 9.28. The molecule has 2 amide bonds. The van der Waals surface area contributed by atoms with E-state index in [9.17, 15) is 14.1 Å². The summed E-state index contributed by atoms with van der Waals surface area (Å²) in [5.41, 5.74) is 4.57. The third-order valence-corrected chi connectivity index (χ3v) is 6.19. The van der Waals surface area contributed by atoms with Crippen molar-refractivity contribution >= 4 is 40.2 Å². The Bertz CT molecular complexity index is 1410. The molecule has 1 atom stereocenters. The molecule has 4 aromatic rings. The van der Waals surface area contributed by atoms with Gasteiger partial charge in [-0.3, -0.25) is 9.59 Å². The number of hydrogen-bond donors (Lipinski definition) is 3. The van der Waals surface area contributed by atoms with Crippen molar-refractivity contribution in [3.8, 4) is 11.1 Å². The lowest BCUT2D eigenvalue weighted by molar-refractivity contribution is 0.101. The van der Waals surface area contributed by atoms with E-state index in [1.54, 1.807) is 25.2 Å². The third kappa shape index (κ3) is 5.70. The van der Waals surface area contributed by atoms with Gasteiger partial charge in [0.25, 0.3) is 11.8 Å². The molecule has 0 saturated carbocycles. The van der Waals surface area contributed by atoms with Gasteiger partial charge in [-0.1, -0.05) is 48.5 Å².